The second-order valence-corrected chi connectivity index (χ2v) is 10.7. The van der Waals surface area contributed by atoms with Gasteiger partial charge in [0, 0.05) is 41.2 Å². The molecule has 164 valence electrons. The van der Waals surface area contributed by atoms with E-state index in [-0.39, 0.29) is 16.7 Å². The summed E-state index contributed by atoms with van der Waals surface area (Å²) in [6.07, 6.45) is 1.85. The summed E-state index contributed by atoms with van der Waals surface area (Å²) in [6, 6.07) is 8.37. The van der Waals surface area contributed by atoms with Gasteiger partial charge in [0.1, 0.15) is 4.21 Å². The van der Waals surface area contributed by atoms with Crippen LogP contribution < -0.4 is 5.32 Å². The molecular weight excluding hydrogens is 460 g/mol. The van der Waals surface area contributed by atoms with Crippen LogP contribution >= 0.6 is 22.9 Å². The molecule has 1 atom stereocenters. The normalized spacial score (nSPS) is 17.5. The Morgan fingerprint density at radius 1 is 1.35 bits per heavy atom. The van der Waals surface area contributed by atoms with Crippen molar-refractivity contribution in [3.63, 3.8) is 0 Å². The number of aryl methyl sites for hydroxylation is 1. The summed E-state index contributed by atoms with van der Waals surface area (Å²) in [5.74, 6) is 0.237. The average Bonchev–Trinajstić information content (AvgIpc) is 3.45. The number of aromatic nitrogens is 2. The molecule has 0 bridgehead atoms. The van der Waals surface area contributed by atoms with Crippen molar-refractivity contribution in [2.75, 3.05) is 18.4 Å². The zero-order valence-electron chi connectivity index (χ0n) is 16.7. The van der Waals surface area contributed by atoms with Gasteiger partial charge in [0.2, 0.25) is 17.6 Å². The molecule has 31 heavy (non-hydrogen) atoms. The minimum absolute atomic E-state index is 0.136. The van der Waals surface area contributed by atoms with Gasteiger partial charge in [0.05, 0.1) is 5.92 Å². The molecule has 8 nitrogen and oxygen atoms in total. The number of sulfonamides is 1. The first-order valence-electron chi connectivity index (χ1n) is 9.85. The van der Waals surface area contributed by atoms with Gasteiger partial charge in [-0.25, -0.2) is 8.42 Å². The highest BCUT2D eigenvalue weighted by molar-refractivity contribution is 7.91. The molecule has 0 spiro atoms. The van der Waals surface area contributed by atoms with Gasteiger partial charge < -0.3 is 9.84 Å². The first-order chi connectivity index (χ1) is 14.9. The lowest BCUT2D eigenvalue weighted by Crippen LogP contribution is -2.43. The fourth-order valence-electron chi connectivity index (χ4n) is 3.36. The summed E-state index contributed by atoms with van der Waals surface area (Å²) in [7, 11) is -3.72. The van der Waals surface area contributed by atoms with Crippen molar-refractivity contribution < 1.29 is 17.7 Å². The van der Waals surface area contributed by atoms with Crippen molar-refractivity contribution in [3.05, 3.63) is 46.6 Å². The Labute approximate surface area is 189 Å². The van der Waals surface area contributed by atoms with Crippen LogP contribution in [0.1, 0.15) is 25.7 Å². The number of rotatable bonds is 6. The molecule has 0 aliphatic carbocycles. The molecule has 1 saturated heterocycles. The molecule has 4 rings (SSSR count). The largest absolute Gasteiger partial charge is 0.339 e. The summed E-state index contributed by atoms with van der Waals surface area (Å²) in [5.41, 5.74) is 1.23. The van der Waals surface area contributed by atoms with E-state index in [1.165, 1.54) is 4.31 Å². The van der Waals surface area contributed by atoms with E-state index in [1.54, 1.807) is 35.7 Å². The molecule has 0 saturated carbocycles. The minimum Gasteiger partial charge on any atom is -0.339 e. The maximum absolute atomic E-state index is 13.2. The zero-order valence-corrected chi connectivity index (χ0v) is 19.1. The van der Waals surface area contributed by atoms with Gasteiger partial charge in [-0.3, -0.25) is 4.79 Å². The first kappa shape index (κ1) is 21.9. The van der Waals surface area contributed by atoms with E-state index in [4.69, 9.17) is 16.1 Å². The second kappa shape index (κ2) is 9.07. The van der Waals surface area contributed by atoms with Crippen LogP contribution in [0.2, 0.25) is 5.02 Å². The second-order valence-electron chi connectivity index (χ2n) is 7.22. The van der Waals surface area contributed by atoms with E-state index >= 15 is 0 Å². The Morgan fingerprint density at radius 2 is 2.13 bits per heavy atom. The summed E-state index contributed by atoms with van der Waals surface area (Å²) in [5, 5.41) is 9.02. The van der Waals surface area contributed by atoms with Gasteiger partial charge in [-0.2, -0.15) is 9.29 Å². The third kappa shape index (κ3) is 4.82. The Morgan fingerprint density at radius 3 is 2.84 bits per heavy atom. The number of benzene rings is 1. The monoisotopic (exact) mass is 480 g/mol. The minimum atomic E-state index is -3.72. The van der Waals surface area contributed by atoms with Crippen LogP contribution in [0.4, 0.5) is 5.69 Å². The number of nitrogens with one attached hydrogen (secondary N) is 1. The van der Waals surface area contributed by atoms with Crippen molar-refractivity contribution in [2.24, 2.45) is 5.92 Å². The summed E-state index contributed by atoms with van der Waals surface area (Å²) in [6.45, 7) is 2.41. The van der Waals surface area contributed by atoms with E-state index in [0.717, 1.165) is 11.3 Å². The number of hydrogen-bond donors (Lipinski definition) is 1. The molecule has 0 radical (unpaired) electrons. The average molecular weight is 481 g/mol. The Hall–Kier alpha value is -2.27. The van der Waals surface area contributed by atoms with Crippen LogP contribution in [0.25, 0.3) is 11.4 Å². The SMILES string of the molecule is CCc1nc(-c2csc(S(=O)(=O)N3CCC[C@@H](C(=O)Nc4ccc(Cl)cc4)C3)c2)no1. The van der Waals surface area contributed by atoms with Crippen LogP contribution in [-0.4, -0.2) is 41.9 Å². The van der Waals surface area contributed by atoms with Crippen LogP contribution in [0.5, 0.6) is 0 Å². The predicted molar refractivity (Wildman–Crippen MR) is 119 cm³/mol. The van der Waals surface area contributed by atoms with E-state index in [9.17, 15) is 13.2 Å². The molecule has 1 amide bonds. The number of anilines is 1. The van der Waals surface area contributed by atoms with Gasteiger partial charge in [0.25, 0.3) is 10.0 Å². The number of carbonyl (C=O) groups is 1. The molecule has 1 aromatic carbocycles. The standard InChI is InChI=1S/C20H21ClN4O4S2/c1-2-17-23-19(24-29-17)14-10-18(30-12-14)31(27,28)25-9-3-4-13(11-25)20(26)22-16-7-5-15(21)6-8-16/h5-8,10,12-13H,2-4,9,11H2,1H3,(H,22,26)/t13-/m1/s1. The number of thiophene rings is 1. The fraction of sp³-hybridized carbons (Fsp3) is 0.350. The number of nitrogens with zero attached hydrogens (tertiary/aromatic N) is 3. The maximum Gasteiger partial charge on any atom is 0.252 e. The van der Waals surface area contributed by atoms with Crippen molar-refractivity contribution >= 4 is 44.6 Å². The highest BCUT2D eigenvalue weighted by Crippen LogP contribution is 2.31. The lowest BCUT2D eigenvalue weighted by Gasteiger charge is -2.30. The topological polar surface area (TPSA) is 105 Å². The van der Waals surface area contributed by atoms with E-state index < -0.39 is 15.9 Å². The molecule has 1 aliphatic rings. The van der Waals surface area contributed by atoms with Crippen LogP contribution in [-0.2, 0) is 21.2 Å². The molecular formula is C20H21ClN4O4S2. The molecule has 2 aromatic heterocycles. The van der Waals surface area contributed by atoms with Crippen molar-refractivity contribution in [1.82, 2.24) is 14.4 Å². The van der Waals surface area contributed by atoms with Crippen LogP contribution in [0.3, 0.4) is 0 Å². The van der Waals surface area contributed by atoms with Gasteiger partial charge in [-0.1, -0.05) is 23.7 Å². The van der Waals surface area contributed by atoms with E-state index in [0.29, 0.717) is 53.8 Å². The molecule has 1 N–H and O–H groups in total. The molecule has 3 aromatic rings. The van der Waals surface area contributed by atoms with E-state index in [1.807, 2.05) is 6.92 Å². The number of piperidine rings is 1. The van der Waals surface area contributed by atoms with Crippen molar-refractivity contribution in [1.29, 1.82) is 0 Å². The number of hydrogen-bond acceptors (Lipinski definition) is 7. The van der Waals surface area contributed by atoms with Crippen molar-refractivity contribution in [3.8, 4) is 11.4 Å². The highest BCUT2D eigenvalue weighted by atomic mass is 35.5. The molecule has 11 heteroatoms. The summed E-state index contributed by atoms with van der Waals surface area (Å²) < 4.78 is 33.1. The molecule has 0 unspecified atom stereocenters. The summed E-state index contributed by atoms with van der Waals surface area (Å²) in [4.78, 5) is 16.9. The fourth-order valence-corrected chi connectivity index (χ4v) is 6.32. The third-order valence-corrected chi connectivity index (χ3v) is 8.60. The molecule has 3 heterocycles. The highest BCUT2D eigenvalue weighted by Gasteiger charge is 2.34. The van der Waals surface area contributed by atoms with Gasteiger partial charge in [-0.15, -0.1) is 11.3 Å². The lowest BCUT2D eigenvalue weighted by molar-refractivity contribution is -0.120. The van der Waals surface area contributed by atoms with E-state index in [2.05, 4.69) is 15.5 Å². The Kier molecular flexibility index (Phi) is 6.42. The van der Waals surface area contributed by atoms with Gasteiger partial charge >= 0.3 is 0 Å². The van der Waals surface area contributed by atoms with Gasteiger partial charge in [-0.05, 0) is 43.2 Å². The maximum atomic E-state index is 13.2. The first-order valence-corrected chi connectivity index (χ1v) is 12.5. The molecule has 1 aliphatic heterocycles. The lowest BCUT2D eigenvalue weighted by atomic mass is 9.99. The number of amides is 1. The van der Waals surface area contributed by atoms with Crippen molar-refractivity contribution in [2.45, 2.75) is 30.4 Å². The number of carbonyl (C=O) groups excluding carboxylic acids is 1. The quantitative estimate of drug-likeness (QED) is 0.570. The zero-order chi connectivity index (χ0) is 22.0. The predicted octanol–water partition coefficient (Wildman–Crippen LogP) is 4.05. The van der Waals surface area contributed by atoms with Gasteiger partial charge in [0.15, 0.2) is 0 Å². The smallest absolute Gasteiger partial charge is 0.252 e. The Balaban J connectivity index is 1.47. The van der Waals surface area contributed by atoms with Crippen LogP contribution in [0, 0.1) is 5.92 Å². The Bertz CT molecular complexity index is 1170. The van der Waals surface area contributed by atoms with Crippen LogP contribution in [0.15, 0.2) is 44.4 Å². The third-order valence-electron chi connectivity index (χ3n) is 5.06. The number of halogens is 1. The molecule has 1 fully saturated rings. The summed E-state index contributed by atoms with van der Waals surface area (Å²) >= 11 is 6.99.